The van der Waals surface area contributed by atoms with Crippen LogP contribution < -0.4 is 16.0 Å². The first kappa shape index (κ1) is 18.9. The van der Waals surface area contributed by atoms with Gasteiger partial charge in [-0.05, 0) is 42.0 Å². The molecule has 0 spiro atoms. The zero-order chi connectivity index (χ0) is 19.6. The molecule has 138 valence electrons. The third-order valence-corrected chi connectivity index (χ3v) is 4.30. The van der Waals surface area contributed by atoms with Gasteiger partial charge in [0, 0.05) is 35.0 Å². The zero-order valence-electron chi connectivity index (χ0n) is 14.2. The fraction of sp³-hybridized carbons (Fsp3) is 0.105. The lowest BCUT2D eigenvalue weighted by Gasteiger charge is -2.21. The standard InChI is InChI=1S/C19H15Cl2N3O3/c1-10(25)22-13-2-4-14(5-3-13)23-17(26)6-11-7-18(27)24-16-9-12(20)8-15(21)19(11)16/h2-6,8-9H,7H2,1H3,(H,22,25)(H,23,26)(H,24,27)/b11-6+. The Bertz CT molecular complexity index is 969. The predicted octanol–water partition coefficient (Wildman–Crippen LogP) is 4.32. The van der Waals surface area contributed by atoms with Crippen molar-refractivity contribution in [2.24, 2.45) is 0 Å². The molecule has 3 N–H and O–H groups in total. The number of nitrogens with one attached hydrogen (secondary N) is 3. The minimum absolute atomic E-state index is 0.0310. The van der Waals surface area contributed by atoms with E-state index in [0.717, 1.165) is 0 Å². The molecular formula is C19H15Cl2N3O3. The lowest BCUT2D eigenvalue weighted by Crippen LogP contribution is -2.20. The van der Waals surface area contributed by atoms with Crippen molar-refractivity contribution in [1.82, 2.24) is 0 Å². The molecule has 0 saturated carbocycles. The van der Waals surface area contributed by atoms with Crippen LogP contribution in [0.3, 0.4) is 0 Å². The largest absolute Gasteiger partial charge is 0.326 e. The first-order chi connectivity index (χ1) is 12.8. The summed E-state index contributed by atoms with van der Waals surface area (Å²) < 4.78 is 0. The molecule has 0 aromatic heterocycles. The summed E-state index contributed by atoms with van der Waals surface area (Å²) in [5, 5.41) is 8.81. The fourth-order valence-corrected chi connectivity index (χ4v) is 3.37. The first-order valence-electron chi connectivity index (χ1n) is 8.00. The van der Waals surface area contributed by atoms with Crippen LogP contribution in [0.15, 0.2) is 42.5 Å². The molecule has 1 aliphatic heterocycles. The van der Waals surface area contributed by atoms with E-state index in [0.29, 0.717) is 38.2 Å². The lowest BCUT2D eigenvalue weighted by atomic mass is 9.96. The quantitative estimate of drug-likeness (QED) is 0.666. The summed E-state index contributed by atoms with van der Waals surface area (Å²) in [4.78, 5) is 35.3. The Morgan fingerprint density at radius 3 is 2.33 bits per heavy atom. The molecule has 0 radical (unpaired) electrons. The smallest absolute Gasteiger partial charge is 0.248 e. The molecule has 3 rings (SSSR count). The van der Waals surface area contributed by atoms with Gasteiger partial charge in [-0.15, -0.1) is 0 Å². The summed E-state index contributed by atoms with van der Waals surface area (Å²) in [5.74, 6) is -0.828. The van der Waals surface area contributed by atoms with Crippen molar-refractivity contribution >= 4 is 63.6 Å². The molecule has 6 nitrogen and oxygen atoms in total. The van der Waals surface area contributed by atoms with Gasteiger partial charge in [-0.1, -0.05) is 23.2 Å². The van der Waals surface area contributed by atoms with E-state index in [1.807, 2.05) is 0 Å². The Morgan fingerprint density at radius 2 is 1.70 bits per heavy atom. The summed E-state index contributed by atoms with van der Waals surface area (Å²) in [5.41, 5.74) is 2.73. The van der Waals surface area contributed by atoms with Gasteiger partial charge in [0.15, 0.2) is 0 Å². The molecule has 0 bridgehead atoms. The van der Waals surface area contributed by atoms with Crippen molar-refractivity contribution in [1.29, 1.82) is 0 Å². The summed E-state index contributed by atoms with van der Waals surface area (Å²) in [7, 11) is 0. The van der Waals surface area contributed by atoms with Gasteiger partial charge in [-0.2, -0.15) is 0 Å². The highest BCUT2D eigenvalue weighted by Crippen LogP contribution is 2.39. The molecule has 0 fully saturated rings. The summed E-state index contributed by atoms with van der Waals surface area (Å²) in [6, 6.07) is 9.82. The van der Waals surface area contributed by atoms with Crippen LogP contribution in [0.4, 0.5) is 17.1 Å². The number of halogens is 2. The topological polar surface area (TPSA) is 87.3 Å². The van der Waals surface area contributed by atoms with Crippen molar-refractivity contribution in [2.45, 2.75) is 13.3 Å². The highest BCUT2D eigenvalue weighted by Gasteiger charge is 2.23. The Balaban J connectivity index is 1.82. The molecule has 0 aliphatic carbocycles. The number of hydrogen-bond acceptors (Lipinski definition) is 3. The Kier molecular flexibility index (Phi) is 5.48. The average Bonchev–Trinajstić information content (AvgIpc) is 2.54. The molecule has 27 heavy (non-hydrogen) atoms. The normalized spacial score (nSPS) is 14.3. The SMILES string of the molecule is CC(=O)Nc1ccc(NC(=O)/C=C2\CC(=O)Nc3cc(Cl)cc(Cl)c32)cc1. The summed E-state index contributed by atoms with van der Waals surface area (Å²) >= 11 is 12.2. The van der Waals surface area contributed by atoms with E-state index in [-0.39, 0.29) is 18.2 Å². The van der Waals surface area contributed by atoms with Gasteiger partial charge in [0.25, 0.3) is 0 Å². The number of carbonyl (C=O) groups excluding carboxylic acids is 3. The minimum atomic E-state index is -0.399. The van der Waals surface area contributed by atoms with Crippen LogP contribution in [0.2, 0.25) is 10.0 Å². The number of amides is 3. The number of benzene rings is 2. The summed E-state index contributed by atoms with van der Waals surface area (Å²) in [6.07, 6.45) is 1.38. The Hall–Kier alpha value is -2.83. The zero-order valence-corrected chi connectivity index (χ0v) is 15.7. The summed E-state index contributed by atoms with van der Waals surface area (Å²) in [6.45, 7) is 1.42. The monoisotopic (exact) mass is 403 g/mol. The van der Waals surface area contributed by atoms with Crippen molar-refractivity contribution in [2.75, 3.05) is 16.0 Å². The van der Waals surface area contributed by atoms with Gasteiger partial charge in [0.1, 0.15) is 0 Å². The number of carbonyl (C=O) groups is 3. The van der Waals surface area contributed by atoms with E-state index in [1.165, 1.54) is 13.0 Å². The fourth-order valence-electron chi connectivity index (χ4n) is 2.75. The van der Waals surface area contributed by atoms with Crippen LogP contribution in [-0.4, -0.2) is 17.7 Å². The van der Waals surface area contributed by atoms with E-state index >= 15 is 0 Å². The van der Waals surface area contributed by atoms with Gasteiger partial charge in [-0.25, -0.2) is 0 Å². The van der Waals surface area contributed by atoms with Crippen LogP contribution in [0.5, 0.6) is 0 Å². The Labute approximate surface area is 165 Å². The van der Waals surface area contributed by atoms with Gasteiger partial charge < -0.3 is 16.0 Å². The highest BCUT2D eigenvalue weighted by atomic mass is 35.5. The van der Waals surface area contributed by atoms with Crippen molar-refractivity contribution < 1.29 is 14.4 Å². The molecule has 2 aromatic rings. The van der Waals surface area contributed by atoms with E-state index < -0.39 is 5.91 Å². The molecular weight excluding hydrogens is 389 g/mol. The van der Waals surface area contributed by atoms with Crippen molar-refractivity contribution in [3.8, 4) is 0 Å². The third kappa shape index (κ3) is 4.67. The van der Waals surface area contributed by atoms with Gasteiger partial charge >= 0.3 is 0 Å². The minimum Gasteiger partial charge on any atom is -0.326 e. The second-order valence-corrected chi connectivity index (χ2v) is 6.80. The lowest BCUT2D eigenvalue weighted by molar-refractivity contribution is -0.115. The van der Waals surface area contributed by atoms with Crippen LogP contribution in [0.25, 0.3) is 5.57 Å². The van der Waals surface area contributed by atoms with Crippen LogP contribution in [-0.2, 0) is 14.4 Å². The van der Waals surface area contributed by atoms with E-state index in [4.69, 9.17) is 23.2 Å². The maximum atomic E-state index is 12.4. The molecule has 8 heteroatoms. The van der Waals surface area contributed by atoms with Gasteiger partial charge in [0.2, 0.25) is 17.7 Å². The maximum Gasteiger partial charge on any atom is 0.248 e. The van der Waals surface area contributed by atoms with Crippen LogP contribution in [0, 0.1) is 0 Å². The molecule has 3 amide bonds. The first-order valence-corrected chi connectivity index (χ1v) is 8.76. The number of hydrogen-bond donors (Lipinski definition) is 3. The number of rotatable bonds is 3. The van der Waals surface area contributed by atoms with E-state index in [9.17, 15) is 14.4 Å². The molecule has 2 aromatic carbocycles. The van der Waals surface area contributed by atoms with Crippen molar-refractivity contribution in [3.63, 3.8) is 0 Å². The number of anilines is 3. The number of fused-ring (bicyclic) bond motifs is 1. The van der Waals surface area contributed by atoms with E-state index in [2.05, 4.69) is 16.0 Å². The molecule has 1 heterocycles. The maximum absolute atomic E-state index is 12.4. The van der Waals surface area contributed by atoms with Crippen LogP contribution in [0.1, 0.15) is 18.9 Å². The second-order valence-electron chi connectivity index (χ2n) is 5.95. The van der Waals surface area contributed by atoms with E-state index in [1.54, 1.807) is 36.4 Å². The van der Waals surface area contributed by atoms with Crippen molar-refractivity contribution in [3.05, 3.63) is 58.1 Å². The average molecular weight is 404 g/mol. The Morgan fingerprint density at radius 1 is 1.07 bits per heavy atom. The van der Waals surface area contributed by atoms with Gasteiger partial charge in [-0.3, -0.25) is 14.4 Å². The second kappa shape index (κ2) is 7.82. The van der Waals surface area contributed by atoms with Crippen LogP contribution >= 0.6 is 23.2 Å². The molecule has 0 unspecified atom stereocenters. The third-order valence-electron chi connectivity index (χ3n) is 3.78. The molecule has 1 aliphatic rings. The van der Waals surface area contributed by atoms with Gasteiger partial charge in [0.05, 0.1) is 17.1 Å². The predicted molar refractivity (Wildman–Crippen MR) is 107 cm³/mol. The highest BCUT2D eigenvalue weighted by molar-refractivity contribution is 6.37. The molecule has 0 saturated heterocycles. The molecule has 0 atom stereocenters.